The van der Waals surface area contributed by atoms with Gasteiger partial charge in [0.15, 0.2) is 0 Å². The molecule has 1 aliphatic rings. The summed E-state index contributed by atoms with van der Waals surface area (Å²) >= 11 is 0. The second-order valence-corrected chi connectivity index (χ2v) is 4.97. The van der Waals surface area contributed by atoms with Gasteiger partial charge >= 0.3 is 0 Å². The van der Waals surface area contributed by atoms with Crippen LogP contribution in [0.5, 0.6) is 0 Å². The van der Waals surface area contributed by atoms with Crippen LogP contribution in [0, 0.1) is 6.92 Å². The Morgan fingerprint density at radius 3 is 2.83 bits per heavy atom. The summed E-state index contributed by atoms with van der Waals surface area (Å²) in [5, 5.41) is 12.7. The minimum Gasteiger partial charge on any atom is -0.398 e. The van der Waals surface area contributed by atoms with Crippen LogP contribution >= 0.6 is 0 Å². The molecule has 0 radical (unpaired) electrons. The molecule has 18 heavy (non-hydrogen) atoms. The standard InChI is InChI=1S/C14H20N2O2/c1-9-5-4-6-10(13(9)15)14(18)16-11-7-2-3-8-12(11)17/h4-6,11-12,17H,2-3,7-8,15H2,1H3,(H,16,18). The minimum atomic E-state index is -0.436. The predicted molar refractivity (Wildman–Crippen MR) is 71.3 cm³/mol. The number of hydrogen-bond acceptors (Lipinski definition) is 3. The van der Waals surface area contributed by atoms with Gasteiger partial charge in [-0.05, 0) is 31.4 Å². The van der Waals surface area contributed by atoms with E-state index in [1.165, 1.54) is 0 Å². The fourth-order valence-corrected chi connectivity index (χ4v) is 2.40. The Bertz CT molecular complexity index is 445. The molecular formula is C14H20N2O2. The lowest BCUT2D eigenvalue weighted by Gasteiger charge is -2.28. The minimum absolute atomic E-state index is 0.147. The summed E-state index contributed by atoms with van der Waals surface area (Å²) in [7, 11) is 0. The number of aliphatic hydroxyl groups is 1. The normalized spacial score (nSPS) is 23.7. The number of amides is 1. The summed E-state index contributed by atoms with van der Waals surface area (Å²) < 4.78 is 0. The van der Waals surface area contributed by atoms with E-state index >= 15 is 0 Å². The number of anilines is 1. The van der Waals surface area contributed by atoms with Crippen molar-refractivity contribution in [2.75, 3.05) is 5.73 Å². The smallest absolute Gasteiger partial charge is 0.253 e. The summed E-state index contributed by atoms with van der Waals surface area (Å²) in [6.45, 7) is 1.88. The molecule has 0 aliphatic heterocycles. The van der Waals surface area contributed by atoms with Crippen LogP contribution in [0.4, 0.5) is 5.69 Å². The summed E-state index contributed by atoms with van der Waals surface area (Å²) in [4.78, 5) is 12.1. The molecule has 1 aliphatic carbocycles. The Balaban J connectivity index is 2.09. The van der Waals surface area contributed by atoms with E-state index < -0.39 is 6.10 Å². The monoisotopic (exact) mass is 248 g/mol. The number of hydrogen-bond donors (Lipinski definition) is 3. The number of carbonyl (C=O) groups excluding carboxylic acids is 1. The van der Waals surface area contributed by atoms with Gasteiger partial charge in [-0.2, -0.15) is 0 Å². The van der Waals surface area contributed by atoms with Gasteiger partial charge in [0, 0.05) is 5.69 Å². The first-order valence-corrected chi connectivity index (χ1v) is 6.43. The molecule has 4 heteroatoms. The van der Waals surface area contributed by atoms with Crippen molar-refractivity contribution in [1.29, 1.82) is 0 Å². The van der Waals surface area contributed by atoms with E-state index in [9.17, 15) is 9.90 Å². The predicted octanol–water partition coefficient (Wildman–Crippen LogP) is 1.61. The van der Waals surface area contributed by atoms with Crippen LogP contribution in [0.15, 0.2) is 18.2 Å². The fourth-order valence-electron chi connectivity index (χ4n) is 2.40. The summed E-state index contributed by atoms with van der Waals surface area (Å²) in [5.74, 6) is -0.192. The van der Waals surface area contributed by atoms with E-state index in [0.29, 0.717) is 11.3 Å². The molecule has 1 fully saturated rings. The Kier molecular flexibility index (Phi) is 3.87. The molecule has 4 N–H and O–H groups in total. The van der Waals surface area contributed by atoms with Gasteiger partial charge in [-0.25, -0.2) is 0 Å². The molecule has 1 amide bonds. The largest absolute Gasteiger partial charge is 0.398 e. The van der Waals surface area contributed by atoms with Crippen molar-refractivity contribution in [2.24, 2.45) is 0 Å². The molecule has 0 saturated heterocycles. The van der Waals surface area contributed by atoms with Gasteiger partial charge < -0.3 is 16.2 Å². The maximum absolute atomic E-state index is 12.1. The van der Waals surface area contributed by atoms with Crippen LogP contribution in [0.2, 0.25) is 0 Å². The van der Waals surface area contributed by atoms with Gasteiger partial charge in [0.1, 0.15) is 0 Å². The Hall–Kier alpha value is -1.55. The summed E-state index contributed by atoms with van der Waals surface area (Å²) in [6.07, 6.45) is 3.23. The number of aryl methyl sites for hydroxylation is 1. The number of nitrogens with one attached hydrogen (secondary N) is 1. The molecule has 0 spiro atoms. The zero-order valence-electron chi connectivity index (χ0n) is 10.6. The second kappa shape index (κ2) is 5.40. The third kappa shape index (κ3) is 2.64. The highest BCUT2D eigenvalue weighted by Gasteiger charge is 2.25. The van der Waals surface area contributed by atoms with E-state index in [1.807, 2.05) is 19.1 Å². The third-order valence-electron chi connectivity index (χ3n) is 3.61. The molecule has 0 heterocycles. The zero-order chi connectivity index (χ0) is 13.1. The summed E-state index contributed by atoms with van der Waals surface area (Å²) in [5.41, 5.74) is 7.80. The van der Waals surface area contributed by atoms with Gasteiger partial charge in [0.25, 0.3) is 5.91 Å². The van der Waals surface area contributed by atoms with Gasteiger partial charge in [-0.3, -0.25) is 4.79 Å². The molecule has 2 atom stereocenters. The number of aliphatic hydroxyl groups excluding tert-OH is 1. The van der Waals surface area contributed by atoms with Crippen LogP contribution in [-0.2, 0) is 0 Å². The molecule has 1 aromatic rings. The van der Waals surface area contributed by atoms with Gasteiger partial charge in [-0.1, -0.05) is 25.0 Å². The first-order chi connectivity index (χ1) is 8.59. The van der Waals surface area contributed by atoms with Crippen LogP contribution in [0.1, 0.15) is 41.6 Å². The second-order valence-electron chi connectivity index (χ2n) is 4.97. The topological polar surface area (TPSA) is 75.3 Å². The fraction of sp³-hybridized carbons (Fsp3) is 0.500. The summed E-state index contributed by atoms with van der Waals surface area (Å²) in [6, 6.07) is 5.26. The SMILES string of the molecule is Cc1cccc(C(=O)NC2CCCCC2O)c1N. The highest BCUT2D eigenvalue weighted by atomic mass is 16.3. The van der Waals surface area contributed by atoms with Crippen molar-refractivity contribution in [1.82, 2.24) is 5.32 Å². The van der Waals surface area contributed by atoms with Crippen molar-refractivity contribution in [3.05, 3.63) is 29.3 Å². The lowest BCUT2D eigenvalue weighted by molar-refractivity contribution is 0.0718. The average Bonchev–Trinajstić information content (AvgIpc) is 2.35. The van der Waals surface area contributed by atoms with Crippen molar-refractivity contribution in [2.45, 2.75) is 44.8 Å². The number of nitrogen functional groups attached to an aromatic ring is 1. The molecule has 1 saturated carbocycles. The van der Waals surface area contributed by atoms with E-state index in [-0.39, 0.29) is 11.9 Å². The molecule has 2 unspecified atom stereocenters. The zero-order valence-corrected chi connectivity index (χ0v) is 10.6. The van der Waals surface area contributed by atoms with E-state index in [4.69, 9.17) is 5.73 Å². The van der Waals surface area contributed by atoms with Gasteiger partial charge in [0.2, 0.25) is 0 Å². The maximum Gasteiger partial charge on any atom is 0.253 e. The van der Waals surface area contributed by atoms with Crippen molar-refractivity contribution in [3.8, 4) is 0 Å². The number of carbonyl (C=O) groups is 1. The Morgan fingerprint density at radius 2 is 2.11 bits per heavy atom. The van der Waals surface area contributed by atoms with Gasteiger partial charge in [0.05, 0.1) is 17.7 Å². The third-order valence-corrected chi connectivity index (χ3v) is 3.61. The van der Waals surface area contributed by atoms with Gasteiger partial charge in [-0.15, -0.1) is 0 Å². The molecule has 0 bridgehead atoms. The van der Waals surface area contributed by atoms with Crippen LogP contribution in [-0.4, -0.2) is 23.2 Å². The first-order valence-electron chi connectivity index (χ1n) is 6.43. The van der Waals surface area contributed by atoms with Crippen LogP contribution < -0.4 is 11.1 Å². The van der Waals surface area contributed by atoms with E-state index in [1.54, 1.807) is 6.07 Å². The molecule has 1 aromatic carbocycles. The maximum atomic E-state index is 12.1. The quantitative estimate of drug-likeness (QED) is 0.696. The van der Waals surface area contributed by atoms with Crippen LogP contribution in [0.3, 0.4) is 0 Å². The number of nitrogens with two attached hydrogens (primary N) is 1. The number of rotatable bonds is 2. The van der Waals surface area contributed by atoms with E-state index in [0.717, 1.165) is 31.2 Å². The lowest BCUT2D eigenvalue weighted by atomic mass is 9.92. The van der Waals surface area contributed by atoms with Crippen molar-refractivity contribution >= 4 is 11.6 Å². The number of para-hydroxylation sites is 1. The first kappa shape index (κ1) is 12.9. The van der Waals surface area contributed by atoms with E-state index in [2.05, 4.69) is 5.32 Å². The lowest BCUT2D eigenvalue weighted by Crippen LogP contribution is -2.45. The van der Waals surface area contributed by atoms with Crippen LogP contribution in [0.25, 0.3) is 0 Å². The molecule has 98 valence electrons. The molecular weight excluding hydrogens is 228 g/mol. The number of benzene rings is 1. The Labute approximate surface area is 107 Å². The average molecular weight is 248 g/mol. The highest BCUT2D eigenvalue weighted by molar-refractivity contribution is 5.99. The van der Waals surface area contributed by atoms with Crippen molar-refractivity contribution in [3.63, 3.8) is 0 Å². The Morgan fingerprint density at radius 1 is 1.39 bits per heavy atom. The highest BCUT2D eigenvalue weighted by Crippen LogP contribution is 2.20. The molecule has 0 aromatic heterocycles. The molecule has 4 nitrogen and oxygen atoms in total. The molecule has 2 rings (SSSR count). The van der Waals surface area contributed by atoms with Crippen molar-refractivity contribution < 1.29 is 9.90 Å².